The first-order valence-electron chi connectivity index (χ1n) is 18.9. The molecule has 8 nitrogen and oxygen atoms in total. The number of carbonyl (C=O) groups is 2. The number of likely N-dealkylation sites (tertiary alicyclic amines) is 2. The van der Waals surface area contributed by atoms with E-state index in [1.165, 1.54) is 25.7 Å². The van der Waals surface area contributed by atoms with Crippen LogP contribution in [-0.2, 0) is 28.5 Å². The van der Waals surface area contributed by atoms with Crippen molar-refractivity contribution >= 4 is 11.6 Å². The van der Waals surface area contributed by atoms with E-state index in [2.05, 4.69) is 58.3 Å². The lowest BCUT2D eigenvalue weighted by Crippen LogP contribution is -2.38. The fraction of sp³-hybridized carbons (Fsp3) is 0.949. The molecule has 2 aliphatic rings. The van der Waals surface area contributed by atoms with Crippen LogP contribution in [0.1, 0.15) is 140 Å². The van der Waals surface area contributed by atoms with Crippen LogP contribution in [0.25, 0.3) is 0 Å². The molecule has 2 heterocycles. The number of Topliss-reactive ketones (excluding diaryl/α,β-unsaturated/α-hetero) is 2. The zero-order valence-electron chi connectivity index (χ0n) is 32.3. The Morgan fingerprint density at radius 1 is 0.617 bits per heavy atom. The fourth-order valence-corrected chi connectivity index (χ4v) is 6.39. The first-order valence-corrected chi connectivity index (χ1v) is 18.9. The molecule has 8 heteroatoms. The predicted octanol–water partition coefficient (Wildman–Crippen LogP) is 7.50. The van der Waals surface area contributed by atoms with Crippen LogP contribution in [0.15, 0.2) is 0 Å². The van der Waals surface area contributed by atoms with Gasteiger partial charge in [-0.25, -0.2) is 0 Å². The van der Waals surface area contributed by atoms with Gasteiger partial charge in [-0.3, -0.25) is 19.4 Å². The van der Waals surface area contributed by atoms with E-state index in [0.29, 0.717) is 51.4 Å². The topological polar surface area (TPSA) is 77.5 Å². The minimum absolute atomic E-state index is 0.0909. The highest BCUT2D eigenvalue weighted by atomic mass is 16.5. The van der Waals surface area contributed by atoms with Crippen molar-refractivity contribution in [3.05, 3.63) is 0 Å². The van der Waals surface area contributed by atoms with Crippen LogP contribution in [0.3, 0.4) is 0 Å². The third-order valence-corrected chi connectivity index (χ3v) is 9.98. The summed E-state index contributed by atoms with van der Waals surface area (Å²) in [6, 6.07) is 0.973. The number of hydrogen-bond donors (Lipinski definition) is 0. The van der Waals surface area contributed by atoms with E-state index in [9.17, 15) is 9.59 Å². The maximum atomic E-state index is 13.1. The number of unbranched alkanes of at least 4 members (excludes halogenated alkanes) is 1. The minimum Gasteiger partial charge on any atom is -0.381 e. The first kappa shape index (κ1) is 42.3. The van der Waals surface area contributed by atoms with Gasteiger partial charge in [-0.1, -0.05) is 34.6 Å². The second-order valence-electron chi connectivity index (χ2n) is 17.4. The normalized spacial score (nSPS) is 20.4. The molecule has 0 amide bonds. The van der Waals surface area contributed by atoms with E-state index in [-0.39, 0.29) is 33.6 Å². The zero-order chi connectivity index (χ0) is 35.1. The summed E-state index contributed by atoms with van der Waals surface area (Å²) in [7, 11) is 0. The molecular formula is C39H74N2O6. The van der Waals surface area contributed by atoms with E-state index in [1.54, 1.807) is 0 Å². The number of hydrogen-bond acceptors (Lipinski definition) is 8. The molecule has 0 unspecified atom stereocenters. The summed E-state index contributed by atoms with van der Waals surface area (Å²) in [5.41, 5.74) is -1.03. The Bertz CT molecular complexity index is 906. The Hall–Kier alpha value is -0.900. The van der Waals surface area contributed by atoms with Gasteiger partial charge in [0.05, 0.1) is 37.6 Å². The smallest absolute Gasteiger partial charge is 0.140 e. The Morgan fingerprint density at radius 2 is 1.13 bits per heavy atom. The molecule has 0 bridgehead atoms. The van der Waals surface area contributed by atoms with Crippen molar-refractivity contribution in [1.29, 1.82) is 0 Å². The quantitative estimate of drug-likeness (QED) is 0.0981. The standard InChI is InChI=1S/C39H74N2O6/c1-36(2,3)34(42)18-28-44-26-12-11-22-40-23-14-17-33(40)31-47-39(9,10)21-20-38(7,8)35(43)19-29-45-27-15-25-41-24-13-16-32(41)30-46-37(4,5)6/h32-33H,11-31H2,1-10H3/t32-,33-/m0/s1. The monoisotopic (exact) mass is 667 g/mol. The predicted molar refractivity (Wildman–Crippen MR) is 192 cm³/mol. The molecule has 2 aliphatic heterocycles. The number of carbonyl (C=O) groups excluding carboxylic acids is 2. The van der Waals surface area contributed by atoms with Gasteiger partial charge in [0.1, 0.15) is 11.6 Å². The lowest BCUT2D eigenvalue weighted by molar-refractivity contribution is -0.129. The average molecular weight is 667 g/mol. The number of rotatable bonds is 24. The van der Waals surface area contributed by atoms with Gasteiger partial charge in [0.2, 0.25) is 0 Å². The van der Waals surface area contributed by atoms with Gasteiger partial charge < -0.3 is 18.9 Å². The molecule has 0 radical (unpaired) electrons. The number of ether oxygens (including phenoxy) is 4. The molecule has 0 N–H and O–H groups in total. The lowest BCUT2D eigenvalue weighted by atomic mass is 9.79. The van der Waals surface area contributed by atoms with Crippen molar-refractivity contribution in [1.82, 2.24) is 9.80 Å². The molecule has 0 aromatic rings. The molecule has 0 saturated carbocycles. The van der Waals surface area contributed by atoms with E-state index >= 15 is 0 Å². The summed E-state index contributed by atoms with van der Waals surface area (Å²) < 4.78 is 24.2. The van der Waals surface area contributed by atoms with Gasteiger partial charge in [0, 0.05) is 55.5 Å². The summed E-state index contributed by atoms with van der Waals surface area (Å²) in [6.07, 6.45) is 10.6. The van der Waals surface area contributed by atoms with Crippen LogP contribution in [0.4, 0.5) is 0 Å². The molecule has 47 heavy (non-hydrogen) atoms. The minimum atomic E-state index is -0.388. The number of ketones is 2. The highest BCUT2D eigenvalue weighted by molar-refractivity contribution is 5.84. The Kier molecular flexibility index (Phi) is 18.1. The van der Waals surface area contributed by atoms with Crippen LogP contribution in [0, 0.1) is 10.8 Å². The molecule has 276 valence electrons. The van der Waals surface area contributed by atoms with Crippen molar-refractivity contribution in [2.24, 2.45) is 10.8 Å². The average Bonchev–Trinajstić information content (AvgIpc) is 3.63. The van der Waals surface area contributed by atoms with Crippen molar-refractivity contribution < 1.29 is 28.5 Å². The summed E-state index contributed by atoms with van der Waals surface area (Å²) in [6.45, 7) is 29.1. The molecule has 0 aromatic heterocycles. The Labute approximate surface area is 289 Å². The number of nitrogens with zero attached hydrogens (tertiary/aromatic N) is 2. The molecule has 0 aliphatic carbocycles. The van der Waals surface area contributed by atoms with Gasteiger partial charge >= 0.3 is 0 Å². The van der Waals surface area contributed by atoms with Crippen molar-refractivity contribution in [2.45, 2.75) is 163 Å². The molecule has 0 aromatic carbocycles. The first-order chi connectivity index (χ1) is 21.9. The second kappa shape index (κ2) is 20.1. The third kappa shape index (κ3) is 17.5. The van der Waals surface area contributed by atoms with Crippen LogP contribution in [0.5, 0.6) is 0 Å². The summed E-state index contributed by atoms with van der Waals surface area (Å²) in [5, 5.41) is 0. The Balaban J connectivity index is 1.57. The highest BCUT2D eigenvalue weighted by Gasteiger charge is 2.32. The van der Waals surface area contributed by atoms with E-state index < -0.39 is 0 Å². The van der Waals surface area contributed by atoms with Crippen molar-refractivity contribution in [3.63, 3.8) is 0 Å². The molecule has 2 fully saturated rings. The van der Waals surface area contributed by atoms with Crippen molar-refractivity contribution in [3.8, 4) is 0 Å². The SMILES string of the molecule is CC(C)(C)OC[C@@H]1CCCN1CCCOCCC(=O)C(C)(C)CCC(C)(C)OC[C@@H]1CCCN1CCCCOCCC(=O)C(C)(C)C. The van der Waals surface area contributed by atoms with Crippen LogP contribution in [0.2, 0.25) is 0 Å². The Morgan fingerprint density at radius 3 is 1.68 bits per heavy atom. The molecule has 0 spiro atoms. The molecule has 2 atom stereocenters. The van der Waals surface area contributed by atoms with Gasteiger partial charge in [0.15, 0.2) is 0 Å². The summed E-state index contributed by atoms with van der Waals surface area (Å²) in [5.74, 6) is 0.537. The maximum absolute atomic E-state index is 13.1. The highest BCUT2D eigenvalue weighted by Crippen LogP contribution is 2.31. The zero-order valence-corrected chi connectivity index (χ0v) is 32.3. The van der Waals surface area contributed by atoms with Gasteiger partial charge in [-0.15, -0.1) is 0 Å². The van der Waals surface area contributed by atoms with E-state index in [1.807, 2.05) is 20.8 Å². The maximum Gasteiger partial charge on any atom is 0.140 e. The molecule has 2 rings (SSSR count). The van der Waals surface area contributed by atoms with E-state index in [0.717, 1.165) is 71.5 Å². The van der Waals surface area contributed by atoms with Gasteiger partial charge in [-0.05, 0) is 112 Å². The van der Waals surface area contributed by atoms with Crippen LogP contribution in [-0.4, -0.2) is 110 Å². The lowest BCUT2D eigenvalue weighted by Gasteiger charge is -2.33. The van der Waals surface area contributed by atoms with Gasteiger partial charge in [-0.2, -0.15) is 0 Å². The second-order valence-corrected chi connectivity index (χ2v) is 17.4. The largest absolute Gasteiger partial charge is 0.381 e. The fourth-order valence-electron chi connectivity index (χ4n) is 6.39. The summed E-state index contributed by atoms with van der Waals surface area (Å²) >= 11 is 0. The van der Waals surface area contributed by atoms with Gasteiger partial charge in [0.25, 0.3) is 0 Å². The van der Waals surface area contributed by atoms with E-state index in [4.69, 9.17) is 18.9 Å². The molecular weight excluding hydrogens is 592 g/mol. The third-order valence-electron chi connectivity index (χ3n) is 9.98. The van der Waals surface area contributed by atoms with Crippen LogP contribution < -0.4 is 0 Å². The van der Waals surface area contributed by atoms with Crippen LogP contribution >= 0.6 is 0 Å². The summed E-state index contributed by atoms with van der Waals surface area (Å²) in [4.78, 5) is 30.2. The van der Waals surface area contributed by atoms with Crippen molar-refractivity contribution in [2.75, 3.05) is 65.8 Å². The molecule has 2 saturated heterocycles.